The summed E-state index contributed by atoms with van der Waals surface area (Å²) < 4.78 is 21.8. The molecule has 48 heavy (non-hydrogen) atoms. The summed E-state index contributed by atoms with van der Waals surface area (Å²) in [5.74, 6) is -2.93. The Hall–Kier alpha value is -3.17. The molecule has 1 aromatic rings. The molecule has 0 amide bonds. The number of ketones is 1. The van der Waals surface area contributed by atoms with Crippen molar-refractivity contribution in [3.05, 3.63) is 33.8 Å². The Morgan fingerprint density at radius 2 is 1.62 bits per heavy atom. The lowest BCUT2D eigenvalue weighted by Crippen LogP contribution is -2.68. The minimum absolute atomic E-state index is 0.00854. The molecule has 0 spiro atoms. The lowest BCUT2D eigenvalue weighted by molar-refractivity contribution is -0.224. The Morgan fingerprint density at radius 3 is 2.25 bits per heavy atom. The molecule has 6 rings (SSSR count). The quantitative estimate of drug-likeness (QED) is 0.315. The number of hydrogen-bond donors (Lipinski definition) is 1. The second kappa shape index (κ2) is 11.2. The smallest absolute Gasteiger partial charge is 0.481 e. The highest BCUT2D eigenvalue weighted by Gasteiger charge is 2.72. The summed E-state index contributed by atoms with van der Waals surface area (Å²) in [4.78, 5) is 65.8. The molecule has 0 unspecified atom stereocenters. The van der Waals surface area contributed by atoms with E-state index in [1.165, 1.54) is 0 Å². The van der Waals surface area contributed by atoms with E-state index >= 15 is 0 Å². The Bertz CT molecular complexity index is 1630. The maximum atomic E-state index is 14.8. The largest absolute Gasteiger partial charge is 0.519 e. The molecular weight excluding hydrogens is 616 g/mol. The Balaban J connectivity index is 1.40. The number of carbonyl (C=O) groups is 4. The molecule has 10 atom stereocenters. The van der Waals surface area contributed by atoms with Crippen molar-refractivity contribution >= 4 is 23.7 Å². The van der Waals surface area contributed by atoms with Crippen molar-refractivity contribution < 1.29 is 42.6 Å². The molecule has 5 aliphatic rings. The lowest BCUT2D eigenvalue weighted by atomic mass is 9.33. The van der Waals surface area contributed by atoms with E-state index in [1.807, 2.05) is 19.9 Å². The van der Waals surface area contributed by atoms with Crippen molar-refractivity contribution in [1.29, 1.82) is 0 Å². The monoisotopic (exact) mass is 668 g/mol. The van der Waals surface area contributed by atoms with Gasteiger partial charge in [-0.15, -0.1) is 0 Å². The van der Waals surface area contributed by atoms with Crippen LogP contribution in [0.5, 0.6) is 0 Å². The molecule has 10 heteroatoms. The number of esters is 2. The van der Waals surface area contributed by atoms with Crippen LogP contribution >= 0.6 is 0 Å². The first-order valence-electron chi connectivity index (χ1n) is 17.7. The van der Waals surface area contributed by atoms with Gasteiger partial charge in [0.2, 0.25) is 0 Å². The number of carboxylic acid groups (broad SMARTS) is 1. The fourth-order valence-electron chi connectivity index (χ4n) is 11.5. The SMILES string of the molecule is CCC(=O)O[C@H]1CC[C@@]2(C)[C@@H](CC[C@]3(C)[C@@H]2C(=O)C=C2[C@@H]4C[C@@](C)(C(=O)O)CC[C@]4(C)CC[C@]23C)[C@]1(C)C(=O)OCc1oc(=O)oc1C. The van der Waals surface area contributed by atoms with E-state index in [9.17, 15) is 29.1 Å². The minimum atomic E-state index is -1.26. The van der Waals surface area contributed by atoms with E-state index in [0.29, 0.717) is 38.5 Å². The number of fused-ring (bicyclic) bond motifs is 7. The van der Waals surface area contributed by atoms with Gasteiger partial charge in [-0.3, -0.25) is 19.2 Å². The van der Waals surface area contributed by atoms with Crippen LogP contribution in [0, 0.1) is 57.2 Å². The zero-order valence-electron chi connectivity index (χ0n) is 29.8. The molecular formula is C38H52O10. The number of hydrogen-bond acceptors (Lipinski definition) is 9. The van der Waals surface area contributed by atoms with E-state index in [-0.39, 0.29) is 58.9 Å². The topological polar surface area (TPSA) is 150 Å². The van der Waals surface area contributed by atoms with Gasteiger partial charge in [-0.1, -0.05) is 40.2 Å². The van der Waals surface area contributed by atoms with Gasteiger partial charge in [-0.2, -0.15) is 0 Å². The average Bonchev–Trinajstić information content (AvgIpc) is 3.35. The predicted octanol–water partition coefficient (Wildman–Crippen LogP) is 6.95. The van der Waals surface area contributed by atoms with Gasteiger partial charge < -0.3 is 23.4 Å². The predicted molar refractivity (Wildman–Crippen MR) is 173 cm³/mol. The van der Waals surface area contributed by atoms with Gasteiger partial charge in [0.1, 0.15) is 11.5 Å². The Morgan fingerprint density at radius 1 is 0.938 bits per heavy atom. The highest BCUT2D eigenvalue weighted by molar-refractivity contribution is 5.96. The van der Waals surface area contributed by atoms with Crippen molar-refractivity contribution in [3.63, 3.8) is 0 Å². The molecule has 5 aliphatic carbocycles. The Kier molecular flexibility index (Phi) is 8.07. The standard InChI is InChI=1S/C38H52O10/c1-9-28(40)48-27-11-12-35(5)26(38(27,8)31(43)45-20-25-21(2)46-32(44)47-25)10-13-37(7)29(35)24(39)18-22-23-19-34(4,30(41)42)15-14-33(23,3)16-17-36(22,37)6/h18,23,26-27,29H,9-17,19-20H2,1-8H3,(H,41,42)/t23-,26+,27-,29+,33+,34-,35-,36+,37+,38-/m0/s1. The molecule has 1 aromatic heterocycles. The van der Waals surface area contributed by atoms with Gasteiger partial charge in [0, 0.05) is 12.3 Å². The first-order valence-corrected chi connectivity index (χ1v) is 17.7. The summed E-state index contributed by atoms with van der Waals surface area (Å²) in [5.41, 5.74) is -2.38. The van der Waals surface area contributed by atoms with E-state index in [1.54, 1.807) is 13.8 Å². The van der Waals surface area contributed by atoms with Gasteiger partial charge >= 0.3 is 23.7 Å². The zero-order chi connectivity index (χ0) is 35.2. The van der Waals surface area contributed by atoms with Gasteiger partial charge in [-0.05, 0) is 118 Å². The molecule has 4 saturated carbocycles. The summed E-state index contributed by atoms with van der Waals surface area (Å²) in [6.45, 7) is 15.6. The van der Waals surface area contributed by atoms with Crippen molar-refractivity contribution in [3.8, 4) is 0 Å². The number of carboxylic acids is 1. The highest BCUT2D eigenvalue weighted by Crippen LogP contribution is 2.75. The van der Waals surface area contributed by atoms with Crippen LogP contribution in [0.2, 0.25) is 0 Å². The van der Waals surface area contributed by atoms with Crippen LogP contribution in [-0.4, -0.2) is 34.9 Å². The molecule has 0 aromatic carbocycles. The van der Waals surface area contributed by atoms with E-state index in [4.69, 9.17) is 18.3 Å². The summed E-state index contributed by atoms with van der Waals surface area (Å²) >= 11 is 0. The number of ether oxygens (including phenoxy) is 2. The third-order valence-corrected chi connectivity index (χ3v) is 14.9. The molecule has 10 nitrogen and oxygen atoms in total. The molecule has 264 valence electrons. The number of rotatable bonds is 6. The van der Waals surface area contributed by atoms with E-state index < -0.39 is 51.5 Å². The lowest BCUT2D eigenvalue weighted by Gasteiger charge is -2.70. The molecule has 0 radical (unpaired) electrons. The molecule has 0 aliphatic heterocycles. The normalized spacial score (nSPS) is 43.5. The Labute approximate surface area is 282 Å². The highest BCUT2D eigenvalue weighted by atomic mass is 16.6. The van der Waals surface area contributed by atoms with E-state index in [2.05, 4.69) is 27.7 Å². The second-order valence-electron chi connectivity index (χ2n) is 17.2. The van der Waals surface area contributed by atoms with Crippen LogP contribution in [0.15, 0.2) is 25.3 Å². The fraction of sp³-hybridized carbons (Fsp3) is 0.763. The fourth-order valence-corrected chi connectivity index (χ4v) is 11.5. The first kappa shape index (κ1) is 34.7. The maximum Gasteiger partial charge on any atom is 0.519 e. The van der Waals surface area contributed by atoms with Gasteiger partial charge in [0.25, 0.3) is 0 Å². The minimum Gasteiger partial charge on any atom is -0.481 e. The molecule has 1 heterocycles. The molecule has 0 bridgehead atoms. The zero-order valence-corrected chi connectivity index (χ0v) is 29.8. The molecule has 4 fully saturated rings. The van der Waals surface area contributed by atoms with Gasteiger partial charge in [0.15, 0.2) is 23.9 Å². The van der Waals surface area contributed by atoms with Crippen molar-refractivity contribution in [2.75, 3.05) is 0 Å². The number of carbonyl (C=O) groups excluding carboxylic acids is 3. The van der Waals surface area contributed by atoms with Crippen LogP contribution < -0.4 is 5.82 Å². The third-order valence-electron chi connectivity index (χ3n) is 14.9. The van der Waals surface area contributed by atoms with Gasteiger partial charge in [0.05, 0.1) is 5.41 Å². The number of aliphatic carboxylic acids is 1. The summed E-state index contributed by atoms with van der Waals surface area (Å²) in [6.07, 6.45) is 7.48. The summed E-state index contributed by atoms with van der Waals surface area (Å²) in [7, 11) is 0. The van der Waals surface area contributed by atoms with Crippen LogP contribution in [-0.2, 0) is 35.3 Å². The third kappa shape index (κ3) is 4.73. The number of aryl methyl sites for hydroxylation is 1. The van der Waals surface area contributed by atoms with Crippen molar-refractivity contribution in [2.24, 2.45) is 50.2 Å². The maximum absolute atomic E-state index is 14.8. The van der Waals surface area contributed by atoms with Crippen LogP contribution in [0.25, 0.3) is 0 Å². The number of allylic oxidation sites excluding steroid dienone is 2. The molecule has 0 saturated heterocycles. The average molecular weight is 669 g/mol. The second-order valence-corrected chi connectivity index (χ2v) is 17.2. The van der Waals surface area contributed by atoms with Crippen LogP contribution in [0.1, 0.15) is 124 Å². The summed E-state index contributed by atoms with van der Waals surface area (Å²) in [6, 6.07) is 0. The molecule has 1 N–H and O–H groups in total. The first-order chi connectivity index (χ1) is 22.3. The van der Waals surface area contributed by atoms with Crippen molar-refractivity contribution in [2.45, 2.75) is 132 Å². The van der Waals surface area contributed by atoms with Gasteiger partial charge in [-0.25, -0.2) is 4.79 Å². The van der Waals surface area contributed by atoms with Crippen LogP contribution in [0.3, 0.4) is 0 Å². The van der Waals surface area contributed by atoms with Crippen LogP contribution in [0.4, 0.5) is 0 Å². The van der Waals surface area contributed by atoms with Crippen molar-refractivity contribution in [1.82, 2.24) is 0 Å². The summed E-state index contributed by atoms with van der Waals surface area (Å²) in [5, 5.41) is 10.2. The van der Waals surface area contributed by atoms with E-state index in [0.717, 1.165) is 24.8 Å².